The molecule has 2 N–H and O–H groups in total. The van der Waals surface area contributed by atoms with Crippen molar-refractivity contribution in [1.29, 1.82) is 0 Å². The molecule has 1 aliphatic heterocycles. The molecular formula is C15H19BrF2N2O. The van der Waals surface area contributed by atoms with Crippen LogP contribution in [-0.2, 0) is 4.79 Å². The number of hydrogen-bond donors (Lipinski definition) is 2. The Hall–Kier alpha value is -1.01. The molecule has 0 saturated carbocycles. The number of nitrogens with one attached hydrogen (secondary N) is 2. The predicted octanol–water partition coefficient (Wildman–Crippen LogP) is 3.84. The third kappa shape index (κ3) is 3.61. The van der Waals surface area contributed by atoms with Crippen molar-refractivity contribution in [2.45, 2.75) is 32.6 Å². The van der Waals surface area contributed by atoms with Gasteiger partial charge in [0, 0.05) is 6.07 Å². The summed E-state index contributed by atoms with van der Waals surface area (Å²) in [5.41, 5.74) is -0.592. The molecule has 1 fully saturated rings. The van der Waals surface area contributed by atoms with Gasteiger partial charge in [-0.25, -0.2) is 8.78 Å². The monoisotopic (exact) mass is 360 g/mol. The van der Waals surface area contributed by atoms with Crippen molar-refractivity contribution < 1.29 is 13.6 Å². The molecule has 116 valence electrons. The molecule has 1 heterocycles. The third-order valence-corrected chi connectivity index (χ3v) is 4.64. The Morgan fingerprint density at radius 1 is 1.33 bits per heavy atom. The van der Waals surface area contributed by atoms with Crippen LogP contribution in [0.1, 0.15) is 32.6 Å². The van der Waals surface area contributed by atoms with Gasteiger partial charge < -0.3 is 10.6 Å². The molecule has 0 atom stereocenters. The van der Waals surface area contributed by atoms with Crippen molar-refractivity contribution in [3.63, 3.8) is 0 Å². The van der Waals surface area contributed by atoms with Crippen LogP contribution >= 0.6 is 15.9 Å². The first-order valence-corrected chi connectivity index (χ1v) is 7.94. The third-order valence-electron chi connectivity index (χ3n) is 4.03. The van der Waals surface area contributed by atoms with E-state index in [2.05, 4.69) is 26.6 Å². The molecule has 0 spiro atoms. The minimum atomic E-state index is -0.641. The van der Waals surface area contributed by atoms with Gasteiger partial charge in [0.2, 0.25) is 5.91 Å². The minimum Gasteiger partial charge on any atom is -0.323 e. The van der Waals surface area contributed by atoms with E-state index in [1.54, 1.807) is 0 Å². The van der Waals surface area contributed by atoms with Gasteiger partial charge in [-0.1, -0.05) is 13.3 Å². The highest BCUT2D eigenvalue weighted by molar-refractivity contribution is 9.10. The number of piperidine rings is 1. The van der Waals surface area contributed by atoms with Crippen molar-refractivity contribution in [2.24, 2.45) is 5.41 Å². The fourth-order valence-electron chi connectivity index (χ4n) is 2.85. The first-order valence-electron chi connectivity index (χ1n) is 7.15. The lowest BCUT2D eigenvalue weighted by Gasteiger charge is -2.36. The maximum Gasteiger partial charge on any atom is 0.230 e. The van der Waals surface area contributed by atoms with Gasteiger partial charge in [0.05, 0.1) is 15.6 Å². The molecule has 2 rings (SSSR count). The molecular weight excluding hydrogens is 342 g/mol. The van der Waals surface area contributed by atoms with Gasteiger partial charge >= 0.3 is 0 Å². The van der Waals surface area contributed by atoms with E-state index in [1.165, 1.54) is 0 Å². The molecule has 1 saturated heterocycles. The molecule has 1 aliphatic rings. The Morgan fingerprint density at radius 3 is 2.62 bits per heavy atom. The maximum atomic E-state index is 13.8. The lowest BCUT2D eigenvalue weighted by Crippen LogP contribution is -2.45. The van der Waals surface area contributed by atoms with Crippen LogP contribution in [0.25, 0.3) is 0 Å². The molecule has 6 heteroatoms. The highest BCUT2D eigenvalue weighted by Crippen LogP contribution is 2.36. The second kappa shape index (κ2) is 6.83. The van der Waals surface area contributed by atoms with Crippen molar-refractivity contribution in [3.8, 4) is 0 Å². The Kier molecular flexibility index (Phi) is 5.32. The van der Waals surface area contributed by atoms with E-state index in [4.69, 9.17) is 0 Å². The number of amides is 1. The molecule has 1 aromatic rings. The summed E-state index contributed by atoms with van der Waals surface area (Å²) in [5.74, 6) is -1.45. The molecule has 0 aromatic heterocycles. The molecule has 1 aromatic carbocycles. The van der Waals surface area contributed by atoms with Gasteiger partial charge in [-0.2, -0.15) is 0 Å². The summed E-state index contributed by atoms with van der Waals surface area (Å²) in [6.07, 6.45) is 3.06. The summed E-state index contributed by atoms with van der Waals surface area (Å²) in [4.78, 5) is 12.6. The van der Waals surface area contributed by atoms with E-state index in [1.807, 2.05) is 6.92 Å². The highest BCUT2D eigenvalue weighted by atomic mass is 79.9. The van der Waals surface area contributed by atoms with Crippen LogP contribution in [0.15, 0.2) is 16.6 Å². The summed E-state index contributed by atoms with van der Waals surface area (Å²) in [5, 5.41) is 5.80. The van der Waals surface area contributed by atoms with E-state index < -0.39 is 17.0 Å². The standard InChI is InChI=1S/C15H19BrF2N2O/c1-2-3-15(4-6-19-7-5-15)14(21)20-13-9-11(17)10(16)8-12(13)18/h8-9,19H,2-7H2,1H3,(H,20,21). The van der Waals surface area contributed by atoms with Crippen molar-refractivity contribution >= 4 is 27.5 Å². The molecule has 0 radical (unpaired) electrons. The van der Waals surface area contributed by atoms with Crippen LogP contribution in [-0.4, -0.2) is 19.0 Å². The molecule has 0 bridgehead atoms. The van der Waals surface area contributed by atoms with E-state index in [0.29, 0.717) is 12.8 Å². The van der Waals surface area contributed by atoms with Gasteiger partial charge in [-0.3, -0.25) is 4.79 Å². The Morgan fingerprint density at radius 2 is 2.00 bits per heavy atom. The number of benzene rings is 1. The van der Waals surface area contributed by atoms with Gasteiger partial charge in [0.25, 0.3) is 0 Å². The molecule has 21 heavy (non-hydrogen) atoms. The van der Waals surface area contributed by atoms with Crippen molar-refractivity contribution in [1.82, 2.24) is 5.32 Å². The number of carbonyl (C=O) groups is 1. The van der Waals surface area contributed by atoms with E-state index in [9.17, 15) is 13.6 Å². The zero-order valence-corrected chi connectivity index (χ0v) is 13.5. The second-order valence-corrected chi connectivity index (χ2v) is 6.33. The van der Waals surface area contributed by atoms with Crippen LogP contribution in [0.4, 0.5) is 14.5 Å². The first kappa shape index (κ1) is 16.4. The van der Waals surface area contributed by atoms with Crippen LogP contribution in [0, 0.1) is 17.0 Å². The maximum absolute atomic E-state index is 13.8. The molecule has 1 amide bonds. The number of carbonyl (C=O) groups excluding carboxylic acids is 1. The van der Waals surface area contributed by atoms with Gasteiger partial charge in [0.15, 0.2) is 0 Å². The number of hydrogen-bond acceptors (Lipinski definition) is 2. The smallest absolute Gasteiger partial charge is 0.230 e. The van der Waals surface area contributed by atoms with Crippen LogP contribution in [0.2, 0.25) is 0 Å². The fraction of sp³-hybridized carbons (Fsp3) is 0.533. The summed E-state index contributed by atoms with van der Waals surface area (Å²) < 4.78 is 27.4. The molecule has 3 nitrogen and oxygen atoms in total. The average molecular weight is 361 g/mol. The quantitative estimate of drug-likeness (QED) is 0.801. The predicted molar refractivity (Wildman–Crippen MR) is 82.1 cm³/mol. The first-order chi connectivity index (χ1) is 9.98. The Labute approximate surface area is 131 Å². The Bertz CT molecular complexity index is 525. The summed E-state index contributed by atoms with van der Waals surface area (Å²) >= 11 is 2.92. The number of rotatable bonds is 4. The lowest BCUT2D eigenvalue weighted by atomic mass is 9.74. The fourth-order valence-corrected chi connectivity index (χ4v) is 3.16. The van der Waals surface area contributed by atoms with Gasteiger partial charge in [-0.15, -0.1) is 0 Å². The Balaban J connectivity index is 2.21. The average Bonchev–Trinajstić information content (AvgIpc) is 2.46. The SMILES string of the molecule is CCCC1(C(=O)Nc2cc(F)c(Br)cc2F)CCNCC1. The summed E-state index contributed by atoms with van der Waals surface area (Å²) in [6.45, 7) is 3.56. The van der Waals surface area contributed by atoms with Crippen LogP contribution in [0.3, 0.4) is 0 Å². The van der Waals surface area contributed by atoms with Gasteiger partial charge in [-0.05, 0) is 54.3 Å². The van der Waals surface area contributed by atoms with Crippen LogP contribution < -0.4 is 10.6 Å². The zero-order chi connectivity index (χ0) is 15.5. The largest absolute Gasteiger partial charge is 0.323 e. The summed E-state index contributed by atoms with van der Waals surface area (Å²) in [6, 6.07) is 2.04. The highest BCUT2D eigenvalue weighted by Gasteiger charge is 2.38. The lowest BCUT2D eigenvalue weighted by molar-refractivity contribution is -0.127. The van der Waals surface area contributed by atoms with E-state index >= 15 is 0 Å². The van der Waals surface area contributed by atoms with Crippen molar-refractivity contribution in [2.75, 3.05) is 18.4 Å². The minimum absolute atomic E-state index is 0.0446. The normalized spacial score (nSPS) is 17.5. The molecule has 0 aliphatic carbocycles. The number of anilines is 1. The topological polar surface area (TPSA) is 41.1 Å². The summed E-state index contributed by atoms with van der Waals surface area (Å²) in [7, 11) is 0. The number of halogens is 3. The van der Waals surface area contributed by atoms with Crippen molar-refractivity contribution in [3.05, 3.63) is 28.2 Å². The van der Waals surface area contributed by atoms with Crippen LogP contribution in [0.5, 0.6) is 0 Å². The van der Waals surface area contributed by atoms with Gasteiger partial charge in [0.1, 0.15) is 11.6 Å². The van der Waals surface area contributed by atoms with E-state index in [-0.39, 0.29) is 16.1 Å². The van der Waals surface area contributed by atoms with E-state index in [0.717, 1.165) is 38.1 Å². The second-order valence-electron chi connectivity index (χ2n) is 5.48. The molecule has 0 unspecified atom stereocenters. The zero-order valence-electron chi connectivity index (χ0n) is 11.9.